The normalized spacial score (nSPS) is 17.6. The summed E-state index contributed by atoms with van der Waals surface area (Å²) < 4.78 is 4.89. The third kappa shape index (κ3) is 8.18. The molecule has 0 aliphatic carbocycles. The molecule has 0 radical (unpaired) electrons. The van der Waals surface area contributed by atoms with Crippen molar-refractivity contribution in [2.24, 2.45) is 0 Å². The van der Waals surface area contributed by atoms with Gasteiger partial charge in [-0.25, -0.2) is 0 Å². The third-order valence-electron chi connectivity index (χ3n) is 4.10. The van der Waals surface area contributed by atoms with E-state index < -0.39 is 0 Å². The first-order valence-corrected chi connectivity index (χ1v) is 10.2. The average molecular weight is 358 g/mol. The molecule has 1 atom stereocenters. The summed E-state index contributed by atoms with van der Waals surface area (Å²) in [6.45, 7) is 4.60. The van der Waals surface area contributed by atoms with Crippen LogP contribution in [0.3, 0.4) is 0 Å². The quantitative estimate of drug-likeness (QED) is 0.286. The van der Waals surface area contributed by atoms with Crippen molar-refractivity contribution >= 4 is 29.5 Å². The number of carbonyl (C=O) groups is 3. The highest BCUT2D eigenvalue weighted by molar-refractivity contribution is 8.00. The van der Waals surface area contributed by atoms with Gasteiger partial charge in [-0.15, -0.1) is 11.8 Å². The number of likely N-dealkylation sites (tertiary alicyclic amines) is 1. The second kappa shape index (κ2) is 12.3. The number of amides is 2. The van der Waals surface area contributed by atoms with Crippen LogP contribution < -0.4 is 0 Å². The van der Waals surface area contributed by atoms with Gasteiger partial charge in [-0.3, -0.25) is 19.3 Å². The number of esters is 1. The zero-order chi connectivity index (χ0) is 17.8. The monoisotopic (exact) mass is 357 g/mol. The highest BCUT2D eigenvalue weighted by atomic mass is 32.2. The number of nitrogens with zero attached hydrogens (tertiary/aromatic N) is 1. The minimum absolute atomic E-state index is 0.00118. The lowest BCUT2D eigenvalue weighted by atomic mass is 10.1. The summed E-state index contributed by atoms with van der Waals surface area (Å²) in [7, 11) is 0. The number of imide groups is 1. The maximum atomic E-state index is 12.2. The highest BCUT2D eigenvalue weighted by Crippen LogP contribution is 2.26. The Balaban J connectivity index is 2.00. The van der Waals surface area contributed by atoms with Crippen molar-refractivity contribution in [3.8, 4) is 0 Å². The van der Waals surface area contributed by atoms with E-state index in [-0.39, 0.29) is 23.0 Å². The molecule has 1 heterocycles. The van der Waals surface area contributed by atoms with Crippen LogP contribution in [0.15, 0.2) is 0 Å². The van der Waals surface area contributed by atoms with Crippen LogP contribution in [0.4, 0.5) is 0 Å². The van der Waals surface area contributed by atoms with Crippen molar-refractivity contribution in [3.05, 3.63) is 0 Å². The van der Waals surface area contributed by atoms with Gasteiger partial charge in [0.2, 0.25) is 11.8 Å². The van der Waals surface area contributed by atoms with E-state index in [0.29, 0.717) is 19.6 Å². The second-order valence-electron chi connectivity index (χ2n) is 6.26. The molecule has 6 heteroatoms. The first-order chi connectivity index (χ1) is 11.6. The number of ether oxygens (including phenoxy) is 1. The summed E-state index contributed by atoms with van der Waals surface area (Å²) in [4.78, 5) is 36.1. The van der Waals surface area contributed by atoms with Gasteiger partial charge in [0.25, 0.3) is 0 Å². The van der Waals surface area contributed by atoms with Crippen LogP contribution in [0, 0.1) is 0 Å². The predicted molar refractivity (Wildman–Crippen MR) is 96.8 cm³/mol. The SMILES string of the molecule is CCCCN1C(=O)CC(SCCCCCCCCOC(C)=O)C1=O. The van der Waals surface area contributed by atoms with Crippen LogP contribution in [0.5, 0.6) is 0 Å². The summed E-state index contributed by atoms with van der Waals surface area (Å²) in [5, 5.41) is -0.155. The highest BCUT2D eigenvalue weighted by Gasteiger charge is 2.37. The molecule has 1 fully saturated rings. The molecule has 0 saturated carbocycles. The molecule has 0 aromatic heterocycles. The Morgan fingerprint density at radius 2 is 1.79 bits per heavy atom. The molecule has 138 valence electrons. The Labute approximate surface area is 149 Å². The lowest BCUT2D eigenvalue weighted by molar-refractivity contribution is -0.141. The molecule has 0 aromatic carbocycles. The number of thioether (sulfide) groups is 1. The minimum atomic E-state index is -0.208. The molecular formula is C18H31NO4S. The molecule has 1 rings (SSSR count). The smallest absolute Gasteiger partial charge is 0.302 e. The third-order valence-corrected chi connectivity index (χ3v) is 5.40. The molecule has 0 bridgehead atoms. The molecule has 1 aliphatic rings. The Morgan fingerprint density at radius 3 is 2.46 bits per heavy atom. The maximum absolute atomic E-state index is 12.2. The van der Waals surface area contributed by atoms with Crippen LogP contribution in [-0.2, 0) is 19.1 Å². The summed E-state index contributed by atoms with van der Waals surface area (Å²) in [5.74, 6) is 0.751. The van der Waals surface area contributed by atoms with E-state index in [9.17, 15) is 14.4 Å². The molecule has 1 saturated heterocycles. The maximum Gasteiger partial charge on any atom is 0.302 e. The van der Waals surface area contributed by atoms with Crippen LogP contribution in [0.25, 0.3) is 0 Å². The van der Waals surface area contributed by atoms with Gasteiger partial charge in [-0.05, 0) is 25.0 Å². The van der Waals surface area contributed by atoms with Gasteiger partial charge in [-0.2, -0.15) is 0 Å². The Hall–Kier alpha value is -1.04. The van der Waals surface area contributed by atoms with Gasteiger partial charge in [-0.1, -0.05) is 39.0 Å². The molecule has 0 aromatic rings. The summed E-state index contributed by atoms with van der Waals surface area (Å²) in [5.41, 5.74) is 0. The van der Waals surface area contributed by atoms with Gasteiger partial charge >= 0.3 is 5.97 Å². The van der Waals surface area contributed by atoms with E-state index in [2.05, 4.69) is 6.92 Å². The number of carbonyl (C=O) groups excluding carboxylic acids is 3. The lowest BCUT2D eigenvalue weighted by Crippen LogP contribution is -2.32. The largest absolute Gasteiger partial charge is 0.466 e. The molecule has 0 spiro atoms. The van der Waals surface area contributed by atoms with Crippen LogP contribution in [-0.4, -0.2) is 46.8 Å². The zero-order valence-electron chi connectivity index (χ0n) is 15.1. The molecule has 0 N–H and O–H groups in total. The molecular weight excluding hydrogens is 326 g/mol. The average Bonchev–Trinajstić information content (AvgIpc) is 2.81. The van der Waals surface area contributed by atoms with E-state index in [1.807, 2.05) is 0 Å². The molecule has 2 amide bonds. The van der Waals surface area contributed by atoms with Crippen molar-refractivity contribution in [2.75, 3.05) is 18.9 Å². The van der Waals surface area contributed by atoms with Crippen molar-refractivity contribution in [2.45, 2.75) is 76.9 Å². The van der Waals surface area contributed by atoms with E-state index in [4.69, 9.17) is 4.74 Å². The van der Waals surface area contributed by atoms with E-state index in [1.165, 1.54) is 18.2 Å². The van der Waals surface area contributed by atoms with E-state index >= 15 is 0 Å². The number of rotatable bonds is 13. The fourth-order valence-corrected chi connectivity index (χ4v) is 3.87. The van der Waals surface area contributed by atoms with Crippen LogP contribution >= 0.6 is 11.8 Å². The Kier molecular flexibility index (Phi) is 10.8. The first-order valence-electron chi connectivity index (χ1n) is 9.15. The van der Waals surface area contributed by atoms with Crippen molar-refractivity contribution < 1.29 is 19.1 Å². The Bertz CT molecular complexity index is 414. The Morgan fingerprint density at radius 1 is 1.12 bits per heavy atom. The second-order valence-corrected chi connectivity index (χ2v) is 7.57. The molecule has 1 unspecified atom stereocenters. The van der Waals surface area contributed by atoms with Gasteiger partial charge in [0.15, 0.2) is 0 Å². The standard InChI is InChI=1S/C18H31NO4S/c1-3-4-11-19-17(21)14-16(18(19)22)24-13-10-8-6-5-7-9-12-23-15(2)20/h16H,3-14H2,1-2H3. The number of hydrogen-bond donors (Lipinski definition) is 0. The summed E-state index contributed by atoms with van der Waals surface area (Å²) in [6, 6.07) is 0. The summed E-state index contributed by atoms with van der Waals surface area (Å²) in [6.07, 6.45) is 8.84. The van der Waals surface area contributed by atoms with Gasteiger partial charge in [0.05, 0.1) is 11.9 Å². The van der Waals surface area contributed by atoms with E-state index in [1.54, 1.807) is 11.8 Å². The predicted octanol–water partition coefficient (Wildman–Crippen LogP) is 3.55. The first kappa shape index (κ1) is 21.0. The lowest BCUT2D eigenvalue weighted by Gasteiger charge is -2.14. The van der Waals surface area contributed by atoms with Crippen molar-refractivity contribution in [1.29, 1.82) is 0 Å². The molecule has 24 heavy (non-hydrogen) atoms. The van der Waals surface area contributed by atoms with Crippen LogP contribution in [0.1, 0.15) is 71.6 Å². The minimum Gasteiger partial charge on any atom is -0.466 e. The molecule has 1 aliphatic heterocycles. The van der Waals surface area contributed by atoms with Gasteiger partial charge in [0, 0.05) is 19.9 Å². The number of unbranched alkanes of at least 4 members (excludes halogenated alkanes) is 6. The van der Waals surface area contributed by atoms with E-state index in [0.717, 1.165) is 50.7 Å². The van der Waals surface area contributed by atoms with Crippen molar-refractivity contribution in [3.63, 3.8) is 0 Å². The topological polar surface area (TPSA) is 63.7 Å². The fourth-order valence-electron chi connectivity index (χ4n) is 2.69. The number of hydrogen-bond acceptors (Lipinski definition) is 5. The fraction of sp³-hybridized carbons (Fsp3) is 0.833. The van der Waals surface area contributed by atoms with Crippen LogP contribution in [0.2, 0.25) is 0 Å². The molecule has 5 nitrogen and oxygen atoms in total. The van der Waals surface area contributed by atoms with Crippen molar-refractivity contribution in [1.82, 2.24) is 4.90 Å². The zero-order valence-corrected chi connectivity index (χ0v) is 15.9. The van der Waals surface area contributed by atoms with Gasteiger partial charge < -0.3 is 4.74 Å². The van der Waals surface area contributed by atoms with Gasteiger partial charge in [0.1, 0.15) is 0 Å². The summed E-state index contributed by atoms with van der Waals surface area (Å²) >= 11 is 1.64.